The fourth-order valence-electron chi connectivity index (χ4n) is 6.57. The highest BCUT2D eigenvalue weighted by Gasteiger charge is 2.35. The average Bonchev–Trinajstić information content (AvgIpc) is 3.95. The lowest BCUT2D eigenvalue weighted by atomic mass is 10.1. The van der Waals surface area contributed by atoms with Crippen molar-refractivity contribution in [2.45, 2.75) is 55.0 Å². The van der Waals surface area contributed by atoms with Crippen LogP contribution in [0.15, 0.2) is 69.1 Å². The summed E-state index contributed by atoms with van der Waals surface area (Å²) in [6.07, 6.45) is 0.336. The van der Waals surface area contributed by atoms with E-state index in [-0.39, 0.29) is 70.7 Å². The molecule has 8 rings (SSSR count). The van der Waals surface area contributed by atoms with E-state index in [9.17, 15) is 35.5 Å². The minimum atomic E-state index is -4.50. The van der Waals surface area contributed by atoms with Crippen molar-refractivity contribution in [2.24, 2.45) is 0 Å². The smallest absolute Gasteiger partial charge is 0.304 e. The largest absolute Gasteiger partial charge is 0.487 e. The van der Waals surface area contributed by atoms with Crippen LogP contribution in [0.25, 0.3) is 21.1 Å². The van der Waals surface area contributed by atoms with E-state index in [2.05, 4.69) is 20.8 Å². The lowest BCUT2D eigenvalue weighted by molar-refractivity contribution is 0.0943. The van der Waals surface area contributed by atoms with E-state index in [0.717, 1.165) is 44.9 Å². The Balaban J connectivity index is 0.978. The van der Waals surface area contributed by atoms with Crippen LogP contribution >= 0.6 is 22.7 Å². The van der Waals surface area contributed by atoms with E-state index in [1.165, 1.54) is 12.1 Å². The van der Waals surface area contributed by atoms with Crippen LogP contribution in [0, 0.1) is 13.8 Å². The van der Waals surface area contributed by atoms with Gasteiger partial charge in [-0.2, -0.15) is 27.0 Å². The van der Waals surface area contributed by atoms with Crippen LogP contribution in [-0.4, -0.2) is 70.4 Å². The van der Waals surface area contributed by atoms with Crippen molar-refractivity contribution in [2.75, 3.05) is 13.1 Å². The number of amides is 2. The number of nitrogens with one attached hydrogen (secondary N) is 2. The molecule has 0 saturated heterocycles. The molecule has 296 valence electrons. The SMILES string of the molecule is Cc1ccc(Cn2nc(C(=O)NCCCNC(=O)c3nn(Cc4ccc(C)cc4)c4c3COc3cc(S(=O)(=O)O)sc3-4)c3c2-c2sc(S(=O)(=O)O)cc2OC3)cc1. The zero-order chi connectivity index (χ0) is 40.2. The zero-order valence-electron chi connectivity index (χ0n) is 30.3. The van der Waals surface area contributed by atoms with Gasteiger partial charge >= 0.3 is 20.2 Å². The van der Waals surface area contributed by atoms with Crippen LogP contribution in [0.2, 0.25) is 0 Å². The van der Waals surface area contributed by atoms with Crippen LogP contribution < -0.4 is 20.1 Å². The van der Waals surface area contributed by atoms with Crippen molar-refractivity contribution in [1.29, 1.82) is 0 Å². The minimum absolute atomic E-state index is 0.0502. The van der Waals surface area contributed by atoms with Gasteiger partial charge in [0.1, 0.15) is 24.7 Å². The van der Waals surface area contributed by atoms with Crippen molar-refractivity contribution >= 4 is 54.7 Å². The molecule has 16 nitrogen and oxygen atoms in total. The minimum Gasteiger partial charge on any atom is -0.487 e. The maximum atomic E-state index is 13.6. The standard InChI is InChI=1S/C37H34N6O10S4/c1-20-4-8-22(9-5-20)16-42-32-24(18-52-26-14-28(54-34(26)32)56(46,47)48)30(40-42)36(44)38-12-3-13-39-37(45)31-25-19-53-27-15-29(57(49,50)51)55-35(27)33(25)43(41-31)17-23-10-6-21(2)7-11-23/h4-11,14-15H,3,12-13,16-19H2,1-2H3,(H,38,44)(H,39,45)(H,46,47,48)(H,49,50,51). The second-order valence-electron chi connectivity index (χ2n) is 13.5. The first-order chi connectivity index (χ1) is 27.1. The Morgan fingerprint density at radius 2 is 1.07 bits per heavy atom. The van der Waals surface area contributed by atoms with Crippen LogP contribution in [-0.2, 0) is 46.5 Å². The summed E-state index contributed by atoms with van der Waals surface area (Å²) >= 11 is 1.66. The van der Waals surface area contributed by atoms with Crippen LogP contribution in [0.3, 0.4) is 0 Å². The second-order valence-corrected chi connectivity index (χ2v) is 18.9. The van der Waals surface area contributed by atoms with Crippen LogP contribution in [0.5, 0.6) is 11.5 Å². The molecule has 4 aromatic heterocycles. The van der Waals surface area contributed by atoms with Gasteiger partial charge in [0.05, 0.1) is 34.2 Å². The summed E-state index contributed by atoms with van der Waals surface area (Å²) < 4.78 is 81.6. The fourth-order valence-corrected chi connectivity index (χ4v) is 10.2. The topological polar surface area (TPSA) is 221 Å². The highest BCUT2D eigenvalue weighted by atomic mass is 32.3. The molecule has 0 fully saturated rings. The number of carbonyl (C=O) groups is 2. The van der Waals surface area contributed by atoms with Gasteiger partial charge in [-0.1, -0.05) is 59.7 Å². The molecule has 0 atom stereocenters. The molecule has 20 heteroatoms. The molecule has 0 unspecified atom stereocenters. The predicted octanol–water partition coefficient (Wildman–Crippen LogP) is 5.08. The molecule has 0 saturated carbocycles. The van der Waals surface area contributed by atoms with Crippen LogP contribution in [0.1, 0.15) is 60.8 Å². The van der Waals surface area contributed by atoms with Gasteiger partial charge in [0.15, 0.2) is 19.8 Å². The van der Waals surface area contributed by atoms with Crippen molar-refractivity contribution in [1.82, 2.24) is 30.2 Å². The molecule has 2 amide bonds. The molecule has 2 aromatic carbocycles. The molecule has 0 aliphatic carbocycles. The molecule has 0 radical (unpaired) electrons. The highest BCUT2D eigenvalue weighted by molar-refractivity contribution is 7.88. The lowest BCUT2D eigenvalue weighted by Gasteiger charge is -2.16. The van der Waals surface area contributed by atoms with Gasteiger partial charge in [-0.3, -0.25) is 28.1 Å². The number of hydrogen-bond donors (Lipinski definition) is 4. The Morgan fingerprint density at radius 3 is 1.44 bits per heavy atom. The molecule has 4 N–H and O–H groups in total. The summed E-state index contributed by atoms with van der Waals surface area (Å²) in [6, 6.07) is 18.1. The monoisotopic (exact) mass is 850 g/mol. The van der Waals surface area contributed by atoms with Gasteiger partial charge in [-0.15, -0.1) is 22.7 Å². The molecule has 6 aromatic rings. The van der Waals surface area contributed by atoms with E-state index in [0.29, 0.717) is 38.7 Å². The molecule has 2 aliphatic rings. The van der Waals surface area contributed by atoms with Crippen molar-refractivity contribution in [3.63, 3.8) is 0 Å². The number of hydrogen-bond acceptors (Lipinski definition) is 12. The molecule has 57 heavy (non-hydrogen) atoms. The number of aromatic nitrogens is 4. The molecule has 6 heterocycles. The third-order valence-electron chi connectivity index (χ3n) is 9.40. The predicted molar refractivity (Wildman–Crippen MR) is 209 cm³/mol. The van der Waals surface area contributed by atoms with E-state index >= 15 is 0 Å². The second kappa shape index (κ2) is 14.8. The van der Waals surface area contributed by atoms with Gasteiger partial charge in [0, 0.05) is 36.3 Å². The van der Waals surface area contributed by atoms with Gasteiger partial charge in [-0.25, -0.2) is 0 Å². The Hall–Kier alpha value is -5.38. The van der Waals surface area contributed by atoms with Crippen LogP contribution in [0.4, 0.5) is 0 Å². The zero-order valence-corrected chi connectivity index (χ0v) is 33.6. The van der Waals surface area contributed by atoms with Crippen molar-refractivity contribution in [3.8, 4) is 32.6 Å². The number of aryl methyl sites for hydroxylation is 2. The van der Waals surface area contributed by atoms with E-state index < -0.39 is 32.1 Å². The maximum Gasteiger partial charge on any atom is 0.304 e. The number of thiophene rings is 2. The number of rotatable bonds is 12. The number of nitrogens with zero attached hydrogens (tertiary/aromatic N) is 4. The Kier molecular flexibility index (Phi) is 10.0. The van der Waals surface area contributed by atoms with E-state index in [4.69, 9.17) is 9.47 Å². The molecular weight excluding hydrogens is 817 g/mol. The first-order valence-corrected chi connectivity index (χ1v) is 22.0. The lowest BCUT2D eigenvalue weighted by Crippen LogP contribution is -2.31. The average molecular weight is 851 g/mol. The Labute approximate surface area is 334 Å². The highest BCUT2D eigenvalue weighted by Crippen LogP contribution is 2.47. The maximum absolute atomic E-state index is 13.6. The normalized spacial score (nSPS) is 13.1. The third-order valence-corrected chi connectivity index (χ3v) is 14.2. The Morgan fingerprint density at radius 1 is 0.684 bits per heavy atom. The van der Waals surface area contributed by atoms with Gasteiger partial charge < -0.3 is 20.1 Å². The van der Waals surface area contributed by atoms with Crippen molar-refractivity contribution in [3.05, 3.63) is 105 Å². The number of carbonyl (C=O) groups excluding carboxylic acids is 2. The van der Waals surface area contributed by atoms with Crippen molar-refractivity contribution < 1.29 is 45.0 Å². The molecule has 0 bridgehead atoms. The summed E-state index contributed by atoms with van der Waals surface area (Å²) in [5.74, 6) is -0.453. The summed E-state index contributed by atoms with van der Waals surface area (Å²) in [4.78, 5) is 28.0. The summed E-state index contributed by atoms with van der Waals surface area (Å²) in [5.41, 5.74) is 6.12. The first-order valence-electron chi connectivity index (χ1n) is 17.5. The number of benzene rings is 2. The fraction of sp³-hybridized carbons (Fsp3) is 0.243. The quantitative estimate of drug-likeness (QED) is 0.0936. The number of ether oxygens (including phenoxy) is 2. The molecular formula is C37H34N6O10S4. The third kappa shape index (κ3) is 7.71. The van der Waals surface area contributed by atoms with E-state index in [1.54, 1.807) is 9.36 Å². The van der Waals surface area contributed by atoms with Gasteiger partial charge in [-0.05, 0) is 31.4 Å². The summed E-state index contributed by atoms with van der Waals surface area (Å²) in [5, 5.41) is 15.0. The Bertz CT molecular complexity index is 2590. The number of fused-ring (bicyclic) bond motifs is 6. The summed E-state index contributed by atoms with van der Waals surface area (Å²) in [7, 11) is -9.00. The van der Waals surface area contributed by atoms with E-state index in [1.807, 2.05) is 62.4 Å². The molecule has 2 aliphatic heterocycles. The molecule has 0 spiro atoms. The summed E-state index contributed by atoms with van der Waals surface area (Å²) in [6.45, 7) is 4.73. The first kappa shape index (κ1) is 38.5. The van der Waals surface area contributed by atoms with Gasteiger partial charge in [0.2, 0.25) is 0 Å². The van der Waals surface area contributed by atoms with Gasteiger partial charge in [0.25, 0.3) is 11.8 Å².